The van der Waals surface area contributed by atoms with Crippen molar-refractivity contribution in [3.8, 4) is 0 Å². The summed E-state index contributed by atoms with van der Waals surface area (Å²) in [6.45, 7) is 4.56. The molecular weight excluding hydrogens is 546 g/mol. The molecule has 0 aliphatic heterocycles. The van der Waals surface area contributed by atoms with Gasteiger partial charge in [0, 0.05) is 17.8 Å². The van der Waals surface area contributed by atoms with E-state index in [1.807, 2.05) is 0 Å². The number of nitrogens with zero attached hydrogens (tertiary/aromatic N) is 4. The van der Waals surface area contributed by atoms with E-state index < -0.39 is 63.6 Å². The quantitative estimate of drug-likeness (QED) is 0.193. The summed E-state index contributed by atoms with van der Waals surface area (Å²) in [7, 11) is 0. The summed E-state index contributed by atoms with van der Waals surface area (Å²) in [6, 6.07) is 5.52. The molecule has 1 aromatic carbocycles. The average Bonchev–Trinajstić information content (AvgIpc) is 2.87. The number of rotatable bonds is 4. The van der Waals surface area contributed by atoms with Crippen molar-refractivity contribution in [3.63, 3.8) is 0 Å². The summed E-state index contributed by atoms with van der Waals surface area (Å²) in [5, 5.41) is -0.0646. The fourth-order valence-electron chi connectivity index (χ4n) is 4.04. The maximum absolute atomic E-state index is 13.4. The molecule has 0 saturated carbocycles. The van der Waals surface area contributed by atoms with E-state index in [-0.39, 0.29) is 41.5 Å². The van der Waals surface area contributed by atoms with Crippen LogP contribution in [0.2, 0.25) is 0 Å². The van der Waals surface area contributed by atoms with E-state index >= 15 is 0 Å². The van der Waals surface area contributed by atoms with E-state index in [1.54, 1.807) is 26.0 Å². The molecule has 1 amide bonds. The monoisotopic (exact) mass is 566 g/mol. The van der Waals surface area contributed by atoms with Crippen LogP contribution in [-0.2, 0) is 17.1 Å². The largest absolute Gasteiger partial charge is 0.462 e. The number of halogens is 6. The molecular formula is C26H20F6N4O4. The highest BCUT2D eigenvalue weighted by molar-refractivity contribution is 5.97. The smallest absolute Gasteiger partial charge is 0.416 e. The van der Waals surface area contributed by atoms with Crippen LogP contribution in [0.5, 0.6) is 0 Å². The molecule has 0 aliphatic rings. The Morgan fingerprint density at radius 3 is 2.17 bits per heavy atom. The SMILES string of the molecule is CCOC(=O)c1cc2c(=O)n3ccccc3nc2n(C(C)C)c1=NC(=O)c1cc(C(F)(F)F)cc(C(F)(F)F)c1. The van der Waals surface area contributed by atoms with Crippen molar-refractivity contribution in [2.45, 2.75) is 39.2 Å². The highest BCUT2D eigenvalue weighted by Gasteiger charge is 2.37. The second-order valence-corrected chi connectivity index (χ2v) is 8.86. The molecule has 4 aromatic rings. The van der Waals surface area contributed by atoms with Gasteiger partial charge in [-0.1, -0.05) is 6.07 Å². The van der Waals surface area contributed by atoms with Gasteiger partial charge in [0.1, 0.15) is 16.9 Å². The normalized spacial score (nSPS) is 12.9. The molecule has 4 rings (SSSR count). The lowest BCUT2D eigenvalue weighted by Gasteiger charge is -2.18. The molecule has 0 bridgehead atoms. The van der Waals surface area contributed by atoms with Gasteiger partial charge in [-0.3, -0.25) is 14.0 Å². The zero-order valence-corrected chi connectivity index (χ0v) is 21.1. The van der Waals surface area contributed by atoms with Crippen LogP contribution in [0, 0.1) is 0 Å². The molecule has 40 heavy (non-hydrogen) atoms. The third-order valence-electron chi connectivity index (χ3n) is 5.79. The van der Waals surface area contributed by atoms with Crippen LogP contribution >= 0.6 is 0 Å². The van der Waals surface area contributed by atoms with E-state index in [1.165, 1.54) is 28.2 Å². The van der Waals surface area contributed by atoms with Crippen LogP contribution in [0.25, 0.3) is 16.7 Å². The molecule has 0 N–H and O–H groups in total. The number of carbonyl (C=O) groups is 2. The van der Waals surface area contributed by atoms with E-state index in [2.05, 4.69) is 9.98 Å². The van der Waals surface area contributed by atoms with Gasteiger partial charge in [-0.15, -0.1) is 0 Å². The minimum atomic E-state index is -5.19. The Morgan fingerprint density at radius 1 is 1.00 bits per heavy atom. The molecule has 3 aromatic heterocycles. The second kappa shape index (κ2) is 10.2. The third-order valence-corrected chi connectivity index (χ3v) is 5.79. The molecule has 210 valence electrons. The first kappa shape index (κ1) is 28.5. The zero-order chi connectivity index (χ0) is 29.6. The Hall–Kier alpha value is -4.49. The Labute approximate surface area is 221 Å². The number of pyridine rings is 2. The number of amides is 1. The minimum absolute atomic E-state index is 0.0224. The molecule has 0 saturated heterocycles. The van der Waals surface area contributed by atoms with Crippen molar-refractivity contribution in [1.82, 2.24) is 14.0 Å². The van der Waals surface area contributed by atoms with Gasteiger partial charge in [-0.2, -0.15) is 31.3 Å². The summed E-state index contributed by atoms with van der Waals surface area (Å²) in [4.78, 5) is 47.6. The van der Waals surface area contributed by atoms with Crippen molar-refractivity contribution in [2.75, 3.05) is 6.61 Å². The maximum atomic E-state index is 13.4. The number of alkyl halides is 6. The lowest BCUT2D eigenvalue weighted by Crippen LogP contribution is -2.33. The average molecular weight is 566 g/mol. The van der Waals surface area contributed by atoms with E-state index in [4.69, 9.17) is 4.74 Å². The molecule has 0 radical (unpaired) electrons. The van der Waals surface area contributed by atoms with Crippen molar-refractivity contribution in [3.05, 3.63) is 86.8 Å². The Balaban J connectivity index is 2.11. The van der Waals surface area contributed by atoms with Gasteiger partial charge in [0.15, 0.2) is 5.49 Å². The molecule has 3 heterocycles. The van der Waals surface area contributed by atoms with Gasteiger partial charge in [0.25, 0.3) is 11.5 Å². The fourth-order valence-corrected chi connectivity index (χ4v) is 4.04. The van der Waals surface area contributed by atoms with Crippen LogP contribution in [0.4, 0.5) is 26.3 Å². The number of carbonyl (C=O) groups excluding carboxylic acids is 2. The van der Waals surface area contributed by atoms with Gasteiger partial charge < -0.3 is 9.30 Å². The molecule has 14 heteroatoms. The number of ether oxygens (including phenoxy) is 1. The first-order chi connectivity index (χ1) is 18.6. The number of esters is 1. The van der Waals surface area contributed by atoms with Crippen LogP contribution in [-0.4, -0.2) is 32.4 Å². The van der Waals surface area contributed by atoms with Gasteiger partial charge in [0.05, 0.1) is 23.1 Å². The van der Waals surface area contributed by atoms with Crippen LogP contribution in [0.15, 0.2) is 58.4 Å². The van der Waals surface area contributed by atoms with Crippen molar-refractivity contribution in [2.24, 2.45) is 4.99 Å². The molecule has 0 fully saturated rings. The van der Waals surface area contributed by atoms with Crippen molar-refractivity contribution in [1.29, 1.82) is 0 Å². The lowest BCUT2D eigenvalue weighted by molar-refractivity contribution is -0.143. The number of hydrogen-bond donors (Lipinski definition) is 0. The van der Waals surface area contributed by atoms with Gasteiger partial charge in [-0.25, -0.2) is 9.78 Å². The number of benzene rings is 1. The third kappa shape index (κ3) is 5.33. The standard InChI is InChI=1S/C26H20F6N4O4/c1-4-40-24(39)18-12-17-20(33-19-7-5-6-8-35(19)23(17)38)36(13(2)3)21(18)34-22(37)14-9-15(25(27,28)29)11-16(10-14)26(30,31)32/h5-13H,4H2,1-3H3. The van der Waals surface area contributed by atoms with E-state index in [0.717, 1.165) is 6.07 Å². The van der Waals surface area contributed by atoms with E-state index in [0.29, 0.717) is 0 Å². The maximum Gasteiger partial charge on any atom is 0.416 e. The van der Waals surface area contributed by atoms with Gasteiger partial charge in [0.2, 0.25) is 0 Å². The Bertz CT molecular complexity index is 1750. The summed E-state index contributed by atoms with van der Waals surface area (Å²) in [5.41, 5.74) is -5.69. The predicted octanol–water partition coefficient (Wildman–Crippen LogP) is 5.19. The van der Waals surface area contributed by atoms with Gasteiger partial charge >= 0.3 is 18.3 Å². The number of fused-ring (bicyclic) bond motifs is 2. The van der Waals surface area contributed by atoms with Crippen LogP contribution in [0.3, 0.4) is 0 Å². The zero-order valence-electron chi connectivity index (χ0n) is 21.1. The fraction of sp³-hybridized carbons (Fsp3) is 0.269. The highest BCUT2D eigenvalue weighted by Crippen LogP contribution is 2.36. The van der Waals surface area contributed by atoms with Crippen LogP contribution in [0.1, 0.15) is 58.7 Å². The lowest BCUT2D eigenvalue weighted by atomic mass is 10.0. The van der Waals surface area contributed by atoms with Gasteiger partial charge in [-0.05, 0) is 57.2 Å². The molecule has 0 unspecified atom stereocenters. The second-order valence-electron chi connectivity index (χ2n) is 8.86. The van der Waals surface area contributed by atoms with Crippen molar-refractivity contribution < 1.29 is 40.7 Å². The number of aromatic nitrogens is 3. The molecule has 0 atom stereocenters. The Kier molecular flexibility index (Phi) is 7.30. The van der Waals surface area contributed by atoms with E-state index in [9.17, 15) is 40.7 Å². The first-order valence-corrected chi connectivity index (χ1v) is 11.8. The molecule has 8 nitrogen and oxygen atoms in total. The molecule has 0 spiro atoms. The summed E-state index contributed by atoms with van der Waals surface area (Å²) < 4.78 is 87.7. The Morgan fingerprint density at radius 2 is 1.62 bits per heavy atom. The van der Waals surface area contributed by atoms with Crippen LogP contribution < -0.4 is 11.0 Å². The minimum Gasteiger partial charge on any atom is -0.462 e. The predicted molar refractivity (Wildman–Crippen MR) is 130 cm³/mol. The summed E-state index contributed by atoms with van der Waals surface area (Å²) in [6.07, 6.45) is -8.94. The topological polar surface area (TPSA) is 95.0 Å². The molecule has 0 aliphatic carbocycles. The summed E-state index contributed by atoms with van der Waals surface area (Å²) in [5.74, 6) is -2.52. The van der Waals surface area contributed by atoms with Crippen molar-refractivity contribution >= 4 is 28.6 Å². The number of hydrogen-bond acceptors (Lipinski definition) is 5. The highest BCUT2D eigenvalue weighted by atomic mass is 19.4. The first-order valence-electron chi connectivity index (χ1n) is 11.8. The summed E-state index contributed by atoms with van der Waals surface area (Å²) >= 11 is 0.